The van der Waals surface area contributed by atoms with Crippen LogP contribution in [-0.2, 0) is 14.3 Å². The number of hydrogen-bond donors (Lipinski definition) is 0. The van der Waals surface area contributed by atoms with E-state index in [9.17, 15) is 9.59 Å². The van der Waals surface area contributed by atoms with Crippen molar-refractivity contribution in [2.24, 2.45) is 11.8 Å². The number of carbonyl (C=O) groups is 2. The number of amides is 2. The highest BCUT2D eigenvalue weighted by molar-refractivity contribution is 6.03. The van der Waals surface area contributed by atoms with Gasteiger partial charge in [0.1, 0.15) is 0 Å². The van der Waals surface area contributed by atoms with Gasteiger partial charge >= 0.3 is 0 Å². The maximum absolute atomic E-state index is 11.1. The minimum atomic E-state index is -0.267. The zero-order chi connectivity index (χ0) is 8.55. The van der Waals surface area contributed by atoms with E-state index in [0.717, 1.165) is 6.42 Å². The number of nitrogens with zero attached hydrogens (tertiary/aromatic N) is 1. The van der Waals surface area contributed by atoms with Crippen LogP contribution >= 0.6 is 0 Å². The van der Waals surface area contributed by atoms with Crippen molar-refractivity contribution < 1.29 is 14.3 Å². The predicted molar refractivity (Wildman–Crippen MR) is 39.2 cm³/mol. The lowest BCUT2D eigenvalue weighted by Crippen LogP contribution is -2.22. The molecule has 1 radical (unpaired) electrons. The Morgan fingerprint density at radius 3 is 2.75 bits per heavy atom. The van der Waals surface area contributed by atoms with Gasteiger partial charge in [-0.05, 0) is 12.3 Å². The molecule has 2 heterocycles. The largest absolute Gasteiger partial charge is 0.381 e. The molecule has 4 heteroatoms. The summed E-state index contributed by atoms with van der Waals surface area (Å²) >= 11 is 0. The van der Waals surface area contributed by atoms with Crippen molar-refractivity contribution in [2.45, 2.75) is 12.8 Å². The highest BCUT2D eigenvalue weighted by Gasteiger charge is 2.39. The molecule has 0 spiro atoms. The second-order valence-corrected chi connectivity index (χ2v) is 3.28. The third-order valence-electron chi connectivity index (χ3n) is 2.48. The first kappa shape index (κ1) is 7.73. The fourth-order valence-corrected chi connectivity index (χ4v) is 1.77. The molecule has 2 aliphatic rings. The van der Waals surface area contributed by atoms with Gasteiger partial charge in [0.05, 0.1) is 12.5 Å². The van der Waals surface area contributed by atoms with Crippen molar-refractivity contribution in [3.05, 3.63) is 0 Å². The molecule has 2 atom stereocenters. The first-order valence-electron chi connectivity index (χ1n) is 4.13. The molecule has 0 aromatic rings. The van der Waals surface area contributed by atoms with E-state index in [1.807, 2.05) is 0 Å². The molecule has 0 saturated carbocycles. The lowest BCUT2D eigenvalue weighted by atomic mass is 9.90. The SMILES string of the molecule is O=C1CC([C@@H]2CCOC2)C(=O)[N]1. The van der Waals surface area contributed by atoms with Crippen molar-refractivity contribution >= 4 is 11.8 Å². The molecule has 0 aromatic carbocycles. The summed E-state index contributed by atoms with van der Waals surface area (Å²) in [6.45, 7) is 1.32. The summed E-state index contributed by atoms with van der Waals surface area (Å²) < 4.78 is 5.15. The summed E-state index contributed by atoms with van der Waals surface area (Å²) in [7, 11) is 0. The Morgan fingerprint density at radius 2 is 2.25 bits per heavy atom. The molecule has 4 nitrogen and oxygen atoms in total. The van der Waals surface area contributed by atoms with Crippen LogP contribution in [0, 0.1) is 11.8 Å². The van der Waals surface area contributed by atoms with E-state index in [-0.39, 0.29) is 23.7 Å². The zero-order valence-electron chi connectivity index (χ0n) is 6.66. The quantitative estimate of drug-likeness (QED) is 0.505. The Balaban J connectivity index is 2.03. The normalized spacial score (nSPS) is 35.7. The molecule has 1 unspecified atom stereocenters. The second-order valence-electron chi connectivity index (χ2n) is 3.28. The van der Waals surface area contributed by atoms with Gasteiger partial charge in [0.25, 0.3) is 5.91 Å². The molecule has 2 amide bonds. The van der Waals surface area contributed by atoms with Gasteiger partial charge in [-0.1, -0.05) is 0 Å². The molecule has 2 rings (SSSR count). The fraction of sp³-hybridized carbons (Fsp3) is 0.750. The van der Waals surface area contributed by atoms with E-state index in [0.29, 0.717) is 19.6 Å². The van der Waals surface area contributed by atoms with Crippen LogP contribution in [0.2, 0.25) is 0 Å². The van der Waals surface area contributed by atoms with Gasteiger partial charge in [0.2, 0.25) is 5.91 Å². The molecule has 65 valence electrons. The molecule has 0 aromatic heterocycles. The first-order valence-corrected chi connectivity index (χ1v) is 4.13. The van der Waals surface area contributed by atoms with Crippen LogP contribution in [0.3, 0.4) is 0 Å². The number of rotatable bonds is 1. The van der Waals surface area contributed by atoms with E-state index in [1.54, 1.807) is 0 Å². The van der Waals surface area contributed by atoms with Gasteiger partial charge < -0.3 is 4.74 Å². The number of hydrogen-bond acceptors (Lipinski definition) is 3. The van der Waals surface area contributed by atoms with Crippen LogP contribution in [0.4, 0.5) is 0 Å². The van der Waals surface area contributed by atoms with Gasteiger partial charge in [-0.15, -0.1) is 0 Å². The summed E-state index contributed by atoms with van der Waals surface area (Å²) in [5.74, 6) is -0.458. The van der Waals surface area contributed by atoms with Crippen LogP contribution in [0.5, 0.6) is 0 Å². The molecule has 2 fully saturated rings. The molecule has 0 N–H and O–H groups in total. The monoisotopic (exact) mass is 168 g/mol. The van der Waals surface area contributed by atoms with E-state index in [2.05, 4.69) is 5.32 Å². The standard InChI is InChI=1S/C8H10NO3/c10-7-3-6(8(11)9-7)5-1-2-12-4-5/h5-6H,1-4H2/t5-,6?/m1/s1. The van der Waals surface area contributed by atoms with Gasteiger partial charge in [-0.2, -0.15) is 5.32 Å². The second kappa shape index (κ2) is 2.86. The molecule has 0 aliphatic carbocycles. The maximum Gasteiger partial charge on any atom is 0.252 e. The van der Waals surface area contributed by atoms with E-state index in [1.165, 1.54) is 0 Å². The average molecular weight is 168 g/mol. The van der Waals surface area contributed by atoms with Crippen LogP contribution in [0.1, 0.15) is 12.8 Å². The Hall–Kier alpha value is -0.900. The summed E-state index contributed by atoms with van der Waals surface area (Å²) in [4.78, 5) is 21.9. The van der Waals surface area contributed by atoms with Crippen LogP contribution in [-0.4, -0.2) is 25.0 Å². The third-order valence-corrected chi connectivity index (χ3v) is 2.48. The summed E-state index contributed by atoms with van der Waals surface area (Å²) in [5.41, 5.74) is 0. The van der Waals surface area contributed by atoms with Gasteiger partial charge in [0, 0.05) is 13.0 Å². The predicted octanol–water partition coefficient (Wildman–Crippen LogP) is -0.300. The van der Waals surface area contributed by atoms with Crippen LogP contribution < -0.4 is 5.32 Å². The number of carbonyl (C=O) groups excluding carboxylic acids is 2. The summed E-state index contributed by atoms with van der Waals surface area (Å²) in [6, 6.07) is 0. The maximum atomic E-state index is 11.1. The van der Waals surface area contributed by atoms with Crippen molar-refractivity contribution in [1.29, 1.82) is 0 Å². The molecule has 2 saturated heterocycles. The van der Waals surface area contributed by atoms with Gasteiger partial charge in [-0.3, -0.25) is 9.59 Å². The van der Waals surface area contributed by atoms with Crippen LogP contribution in [0.25, 0.3) is 0 Å². The minimum absolute atomic E-state index is 0.181. The van der Waals surface area contributed by atoms with Crippen molar-refractivity contribution in [3.8, 4) is 0 Å². The highest BCUT2D eigenvalue weighted by Crippen LogP contribution is 2.28. The number of imide groups is 1. The molecule has 12 heavy (non-hydrogen) atoms. The highest BCUT2D eigenvalue weighted by atomic mass is 16.5. The average Bonchev–Trinajstić information content (AvgIpc) is 2.58. The van der Waals surface area contributed by atoms with Gasteiger partial charge in [0.15, 0.2) is 0 Å². The van der Waals surface area contributed by atoms with E-state index >= 15 is 0 Å². The fourth-order valence-electron chi connectivity index (χ4n) is 1.77. The summed E-state index contributed by atoms with van der Waals surface area (Å²) in [5, 5.41) is 3.38. The van der Waals surface area contributed by atoms with Crippen molar-refractivity contribution in [3.63, 3.8) is 0 Å². The minimum Gasteiger partial charge on any atom is -0.381 e. The Morgan fingerprint density at radius 1 is 1.42 bits per heavy atom. The smallest absolute Gasteiger partial charge is 0.252 e. The van der Waals surface area contributed by atoms with Crippen molar-refractivity contribution in [1.82, 2.24) is 5.32 Å². The Bertz CT molecular complexity index is 220. The third kappa shape index (κ3) is 1.22. The van der Waals surface area contributed by atoms with E-state index < -0.39 is 0 Å². The van der Waals surface area contributed by atoms with Gasteiger partial charge in [-0.25, -0.2) is 0 Å². The zero-order valence-corrected chi connectivity index (χ0v) is 6.66. The lowest BCUT2D eigenvalue weighted by molar-refractivity contribution is -0.126. The van der Waals surface area contributed by atoms with Crippen LogP contribution in [0.15, 0.2) is 0 Å². The van der Waals surface area contributed by atoms with Crippen molar-refractivity contribution in [2.75, 3.05) is 13.2 Å². The molecular weight excluding hydrogens is 158 g/mol. The summed E-state index contributed by atoms with van der Waals surface area (Å²) in [6.07, 6.45) is 1.19. The Labute approximate surface area is 70.3 Å². The molecular formula is C8H10NO3. The molecule has 2 aliphatic heterocycles. The number of ether oxygens (including phenoxy) is 1. The lowest BCUT2D eigenvalue weighted by Gasteiger charge is -2.10. The first-order chi connectivity index (χ1) is 5.77. The topological polar surface area (TPSA) is 57.5 Å². The molecule has 0 bridgehead atoms. The Kier molecular flexibility index (Phi) is 1.84. The van der Waals surface area contributed by atoms with E-state index in [4.69, 9.17) is 4.74 Å².